The second-order valence-corrected chi connectivity index (χ2v) is 12.0. The fourth-order valence-corrected chi connectivity index (χ4v) is 7.89. The Hall–Kier alpha value is -2.30. The topological polar surface area (TPSA) is 94.8 Å². The predicted octanol–water partition coefficient (Wildman–Crippen LogP) is 6.21. The van der Waals surface area contributed by atoms with Crippen molar-refractivity contribution < 1.29 is 24.9 Å². The lowest BCUT2D eigenvalue weighted by atomic mass is 9.60. The molecule has 0 saturated heterocycles. The first-order chi connectivity index (χ1) is 15.4. The van der Waals surface area contributed by atoms with Gasteiger partial charge in [-0.25, -0.2) is 0 Å². The predicted molar refractivity (Wildman–Crippen MR) is 128 cm³/mol. The van der Waals surface area contributed by atoms with Gasteiger partial charge >= 0.3 is 0 Å². The number of allylic oxidation sites excluding steroid dienone is 1. The minimum atomic E-state index is -0.664. The summed E-state index contributed by atoms with van der Waals surface area (Å²) in [4.78, 5) is 23.5. The van der Waals surface area contributed by atoms with Crippen LogP contribution in [0.5, 0.6) is 17.2 Å². The van der Waals surface area contributed by atoms with Gasteiger partial charge in [0.05, 0.1) is 11.1 Å². The molecule has 180 valence electrons. The van der Waals surface area contributed by atoms with Crippen molar-refractivity contribution >= 4 is 12.6 Å². The van der Waals surface area contributed by atoms with Crippen molar-refractivity contribution in [3.63, 3.8) is 0 Å². The number of phenols is 3. The molecule has 0 amide bonds. The SMILES string of the molecule is C=C1CCC2C([C@H]3[C@H]1CC[C@]3(C)C(CC(C)C)c1c(O)c(C=O)c(O)c(C=O)c1O)C2(C)C. The van der Waals surface area contributed by atoms with Crippen LogP contribution in [-0.2, 0) is 0 Å². The quantitative estimate of drug-likeness (QED) is 0.351. The summed E-state index contributed by atoms with van der Waals surface area (Å²) in [6, 6.07) is 0. The third-order valence-corrected chi connectivity index (χ3v) is 9.63. The summed E-state index contributed by atoms with van der Waals surface area (Å²) in [6.07, 6.45) is 5.57. The van der Waals surface area contributed by atoms with Crippen LogP contribution in [0, 0.1) is 40.4 Å². The third kappa shape index (κ3) is 3.33. The molecule has 3 unspecified atom stereocenters. The van der Waals surface area contributed by atoms with Crippen molar-refractivity contribution in [1.82, 2.24) is 0 Å². The first kappa shape index (κ1) is 23.8. The first-order valence-electron chi connectivity index (χ1n) is 12.3. The molecule has 0 aliphatic heterocycles. The highest BCUT2D eigenvalue weighted by Crippen LogP contribution is 2.75. The van der Waals surface area contributed by atoms with Gasteiger partial charge in [-0.3, -0.25) is 9.59 Å². The summed E-state index contributed by atoms with van der Waals surface area (Å²) in [5.41, 5.74) is 0.887. The van der Waals surface area contributed by atoms with E-state index in [0.717, 1.165) is 25.7 Å². The Morgan fingerprint density at radius 2 is 1.55 bits per heavy atom. The second-order valence-electron chi connectivity index (χ2n) is 12.0. The Morgan fingerprint density at radius 3 is 2.06 bits per heavy atom. The lowest BCUT2D eigenvalue weighted by molar-refractivity contribution is 0.106. The molecule has 5 nitrogen and oxygen atoms in total. The van der Waals surface area contributed by atoms with Crippen LogP contribution in [0.25, 0.3) is 0 Å². The molecule has 0 spiro atoms. The minimum Gasteiger partial charge on any atom is -0.507 e. The first-order valence-corrected chi connectivity index (χ1v) is 12.3. The average molecular weight is 455 g/mol. The molecule has 3 aliphatic rings. The van der Waals surface area contributed by atoms with E-state index in [1.807, 2.05) is 0 Å². The zero-order valence-corrected chi connectivity index (χ0v) is 20.5. The molecule has 0 aromatic heterocycles. The molecule has 3 fully saturated rings. The molecule has 3 N–H and O–H groups in total. The van der Waals surface area contributed by atoms with Crippen molar-refractivity contribution in [3.05, 3.63) is 28.8 Å². The number of benzene rings is 1. The van der Waals surface area contributed by atoms with Crippen LogP contribution in [0.2, 0.25) is 0 Å². The summed E-state index contributed by atoms with van der Waals surface area (Å²) >= 11 is 0. The Kier molecular flexibility index (Phi) is 5.70. The van der Waals surface area contributed by atoms with Crippen molar-refractivity contribution in [2.24, 2.45) is 40.4 Å². The molecule has 1 aromatic carbocycles. The molecule has 3 aliphatic carbocycles. The molecule has 0 radical (unpaired) electrons. The van der Waals surface area contributed by atoms with Crippen LogP contribution in [-0.4, -0.2) is 27.9 Å². The van der Waals surface area contributed by atoms with Gasteiger partial charge < -0.3 is 15.3 Å². The molecule has 5 heteroatoms. The number of aldehydes is 2. The maximum Gasteiger partial charge on any atom is 0.157 e. The highest BCUT2D eigenvalue weighted by Gasteiger charge is 2.68. The zero-order chi connectivity index (χ0) is 24.5. The molecule has 33 heavy (non-hydrogen) atoms. The van der Waals surface area contributed by atoms with Crippen LogP contribution < -0.4 is 0 Å². The third-order valence-electron chi connectivity index (χ3n) is 9.63. The molecule has 4 rings (SSSR count). The van der Waals surface area contributed by atoms with Crippen molar-refractivity contribution in [3.8, 4) is 17.2 Å². The van der Waals surface area contributed by atoms with E-state index in [2.05, 4.69) is 41.2 Å². The monoisotopic (exact) mass is 454 g/mol. The number of hydrogen-bond donors (Lipinski definition) is 3. The van der Waals surface area contributed by atoms with E-state index in [9.17, 15) is 24.9 Å². The minimum absolute atomic E-state index is 0.235. The van der Waals surface area contributed by atoms with Gasteiger partial charge in [-0.05, 0) is 78.4 Å². The van der Waals surface area contributed by atoms with Crippen LogP contribution in [0.15, 0.2) is 12.2 Å². The lowest BCUT2D eigenvalue weighted by Crippen LogP contribution is -2.36. The van der Waals surface area contributed by atoms with Gasteiger partial charge in [-0.1, -0.05) is 46.8 Å². The number of aromatic hydroxyl groups is 3. The van der Waals surface area contributed by atoms with Gasteiger partial charge in [0.2, 0.25) is 0 Å². The smallest absolute Gasteiger partial charge is 0.157 e. The Morgan fingerprint density at radius 1 is 0.970 bits per heavy atom. The molecular formula is C28H38O5. The number of phenolic OH excluding ortho intramolecular Hbond substituents is 3. The van der Waals surface area contributed by atoms with Crippen molar-refractivity contribution in [2.45, 2.75) is 72.6 Å². The Bertz CT molecular complexity index is 971. The largest absolute Gasteiger partial charge is 0.507 e. The van der Waals surface area contributed by atoms with Crippen LogP contribution in [0.4, 0.5) is 0 Å². The van der Waals surface area contributed by atoms with E-state index < -0.39 is 17.2 Å². The zero-order valence-electron chi connectivity index (χ0n) is 20.5. The van der Waals surface area contributed by atoms with E-state index in [1.54, 1.807) is 0 Å². The van der Waals surface area contributed by atoms with Crippen LogP contribution in [0.1, 0.15) is 98.9 Å². The number of carbonyl (C=O) groups is 2. The van der Waals surface area contributed by atoms with Gasteiger partial charge in [0.15, 0.2) is 12.6 Å². The summed E-state index contributed by atoms with van der Waals surface area (Å²) in [5, 5.41) is 32.6. The summed E-state index contributed by atoms with van der Waals surface area (Å²) < 4.78 is 0. The number of hydrogen-bond acceptors (Lipinski definition) is 5. The van der Waals surface area contributed by atoms with E-state index in [-0.39, 0.29) is 39.4 Å². The molecule has 3 saturated carbocycles. The normalized spacial score (nSPS) is 33.2. The lowest BCUT2D eigenvalue weighted by Gasteiger charge is -2.44. The van der Waals surface area contributed by atoms with Crippen molar-refractivity contribution in [1.29, 1.82) is 0 Å². The molecule has 0 bridgehead atoms. The number of rotatable bonds is 6. The molecule has 1 aromatic rings. The second kappa shape index (κ2) is 7.89. The van der Waals surface area contributed by atoms with Gasteiger partial charge in [0, 0.05) is 5.56 Å². The van der Waals surface area contributed by atoms with E-state index >= 15 is 0 Å². The summed E-state index contributed by atoms with van der Waals surface area (Å²) in [5.74, 6) is 0.453. The molecule has 6 atom stereocenters. The maximum absolute atomic E-state index is 11.8. The van der Waals surface area contributed by atoms with Crippen LogP contribution >= 0.6 is 0 Å². The summed E-state index contributed by atoms with van der Waals surface area (Å²) in [6.45, 7) is 15.6. The molecule has 0 heterocycles. The van der Waals surface area contributed by atoms with Gasteiger partial charge in [-0.2, -0.15) is 0 Å². The summed E-state index contributed by atoms with van der Waals surface area (Å²) in [7, 11) is 0. The highest BCUT2D eigenvalue weighted by molar-refractivity contribution is 5.95. The number of fused-ring (bicyclic) bond motifs is 3. The number of carbonyl (C=O) groups excluding carboxylic acids is 2. The Labute approximate surface area is 196 Å². The van der Waals surface area contributed by atoms with Crippen molar-refractivity contribution in [2.75, 3.05) is 0 Å². The van der Waals surface area contributed by atoms with Gasteiger partial charge in [0.1, 0.15) is 17.2 Å². The fourth-order valence-electron chi connectivity index (χ4n) is 7.89. The van der Waals surface area contributed by atoms with Gasteiger partial charge in [0.25, 0.3) is 0 Å². The van der Waals surface area contributed by atoms with E-state index in [4.69, 9.17) is 0 Å². The van der Waals surface area contributed by atoms with E-state index in [1.165, 1.54) is 5.57 Å². The fraction of sp³-hybridized carbons (Fsp3) is 0.643. The Balaban J connectivity index is 1.93. The van der Waals surface area contributed by atoms with Gasteiger partial charge in [-0.15, -0.1) is 0 Å². The highest BCUT2D eigenvalue weighted by atomic mass is 16.3. The standard InChI is InChI=1S/C28H38O5/c1-14(2)11-20(21-25(32)17(12-29)24(31)18(13-30)26(21)33)28(6)10-9-16-15(3)7-8-19-23(22(16)28)27(19,4)5/h12-14,16,19-20,22-23,31-33H,3,7-11H2,1-2,4-6H3/t16-,19?,20?,22+,23?,28+/m0/s1. The average Bonchev–Trinajstić information content (AvgIpc) is 3.16. The van der Waals surface area contributed by atoms with Crippen LogP contribution in [0.3, 0.4) is 0 Å². The molecular weight excluding hydrogens is 416 g/mol. The van der Waals surface area contributed by atoms with E-state index in [0.29, 0.717) is 42.7 Å². The maximum atomic E-state index is 11.8.